The minimum atomic E-state index is -0.682. The van der Waals surface area contributed by atoms with E-state index in [1.54, 1.807) is 0 Å². The molecule has 0 aromatic heterocycles. The van der Waals surface area contributed by atoms with Crippen LogP contribution in [0.3, 0.4) is 0 Å². The van der Waals surface area contributed by atoms with Crippen molar-refractivity contribution in [3.63, 3.8) is 0 Å². The summed E-state index contributed by atoms with van der Waals surface area (Å²) >= 11 is 0. The molecule has 0 fully saturated rings. The average Bonchev–Trinajstić information content (AvgIpc) is 3.10. The van der Waals surface area contributed by atoms with Crippen LogP contribution in [0, 0.1) is 20.2 Å². The molecule has 0 radical (unpaired) electrons. The van der Waals surface area contributed by atoms with Crippen LogP contribution in [-0.2, 0) is 47.4 Å². The van der Waals surface area contributed by atoms with Crippen LogP contribution in [0.5, 0.6) is 0 Å². The van der Waals surface area contributed by atoms with Gasteiger partial charge in [0.25, 0.3) is 11.4 Å². The van der Waals surface area contributed by atoms with Crippen LogP contribution in [0.15, 0.2) is 18.2 Å². The first kappa shape index (κ1) is 45.0. The molecule has 50 heavy (non-hydrogen) atoms. The van der Waals surface area contributed by atoms with Crippen molar-refractivity contribution in [3.05, 3.63) is 38.4 Å². The van der Waals surface area contributed by atoms with E-state index in [0.717, 1.165) is 18.9 Å². The number of nitrogens with zero attached hydrogens (tertiary/aromatic N) is 2. The first-order chi connectivity index (χ1) is 24.5. The summed E-state index contributed by atoms with van der Waals surface area (Å²) in [6.07, 6.45) is 7.33. The molecular weight excluding hydrogens is 662 g/mol. The number of ether oxygens (including phenoxy) is 9. The Bertz CT molecular complexity index is 1000. The molecule has 0 aliphatic rings. The van der Waals surface area contributed by atoms with Crippen molar-refractivity contribution >= 4 is 23.0 Å². The Labute approximate surface area is 294 Å². The van der Waals surface area contributed by atoms with E-state index in [2.05, 4.69) is 12.2 Å². The lowest BCUT2D eigenvalue weighted by atomic mass is 10.1. The zero-order valence-electron chi connectivity index (χ0n) is 29.5. The number of nitro groups is 2. The number of carbonyl (C=O) groups is 1. The number of carbonyl (C=O) groups excluding carboxylic acids is 1. The van der Waals surface area contributed by atoms with Crippen LogP contribution in [0.2, 0.25) is 0 Å². The second-order valence-corrected chi connectivity index (χ2v) is 10.8. The molecule has 17 nitrogen and oxygen atoms in total. The molecule has 0 saturated carbocycles. The van der Waals surface area contributed by atoms with E-state index in [4.69, 9.17) is 42.6 Å². The van der Waals surface area contributed by atoms with Crippen molar-refractivity contribution in [3.8, 4) is 0 Å². The highest BCUT2D eigenvalue weighted by Crippen LogP contribution is 2.28. The van der Waals surface area contributed by atoms with Gasteiger partial charge in [0.05, 0.1) is 122 Å². The summed E-state index contributed by atoms with van der Waals surface area (Å²) in [5.74, 6) is -0.159. The van der Waals surface area contributed by atoms with Crippen LogP contribution >= 0.6 is 0 Å². The number of esters is 1. The summed E-state index contributed by atoms with van der Waals surface area (Å²) in [5.41, 5.74) is -0.530. The molecule has 1 aromatic carbocycles. The zero-order chi connectivity index (χ0) is 36.3. The fourth-order valence-electron chi connectivity index (χ4n) is 4.17. The van der Waals surface area contributed by atoms with Crippen LogP contribution in [0.1, 0.15) is 51.9 Å². The van der Waals surface area contributed by atoms with Gasteiger partial charge in [-0.15, -0.1) is 0 Å². The Morgan fingerprint density at radius 2 is 1.00 bits per heavy atom. The van der Waals surface area contributed by atoms with E-state index >= 15 is 0 Å². The first-order valence-corrected chi connectivity index (χ1v) is 17.4. The molecule has 1 aromatic rings. The predicted octanol–water partition coefficient (Wildman–Crippen LogP) is 4.34. The van der Waals surface area contributed by atoms with Gasteiger partial charge in [-0.05, 0) is 12.5 Å². The number of anilines is 1. The molecule has 288 valence electrons. The third-order valence-electron chi connectivity index (χ3n) is 6.78. The fraction of sp³-hybridized carbons (Fsp3) is 0.788. The van der Waals surface area contributed by atoms with Gasteiger partial charge >= 0.3 is 5.97 Å². The number of non-ortho nitro benzene ring substituents is 1. The minimum Gasteiger partial charge on any atom is -0.463 e. The van der Waals surface area contributed by atoms with E-state index < -0.39 is 9.85 Å². The van der Waals surface area contributed by atoms with Gasteiger partial charge in [0.2, 0.25) is 0 Å². The van der Waals surface area contributed by atoms with Crippen LogP contribution < -0.4 is 5.32 Å². The molecular formula is C33H57N3O14. The van der Waals surface area contributed by atoms with Crippen molar-refractivity contribution in [2.45, 2.75) is 51.9 Å². The maximum absolute atomic E-state index is 11.7. The van der Waals surface area contributed by atoms with Crippen molar-refractivity contribution in [1.82, 2.24) is 0 Å². The van der Waals surface area contributed by atoms with Gasteiger partial charge in [0.15, 0.2) is 0 Å². The molecule has 0 bridgehead atoms. The number of unbranched alkanes of at least 4 members (excludes halogenated alkanes) is 5. The topological polar surface area (TPSA) is 198 Å². The number of rotatable bonds is 37. The summed E-state index contributed by atoms with van der Waals surface area (Å²) in [4.78, 5) is 32.3. The standard InChI is InChI=1S/C33H57N3O14/c1-2-3-4-5-6-7-8-33(37)50-28-27-49-26-25-48-24-23-47-22-21-46-20-19-45-18-17-44-16-15-43-14-13-42-12-11-34-31-10-9-30(35(38)39)29-32(31)36(40)41/h9-10,29,34H,2-8,11-28H2,1H3. The zero-order valence-corrected chi connectivity index (χ0v) is 29.5. The Morgan fingerprint density at radius 3 is 1.44 bits per heavy atom. The van der Waals surface area contributed by atoms with Gasteiger partial charge in [-0.2, -0.15) is 0 Å². The lowest BCUT2D eigenvalue weighted by Gasteiger charge is -2.09. The number of hydrogen-bond donors (Lipinski definition) is 1. The quantitative estimate of drug-likeness (QED) is 0.0440. The second kappa shape index (κ2) is 33.1. The maximum Gasteiger partial charge on any atom is 0.305 e. The van der Waals surface area contributed by atoms with Crippen LogP contribution in [0.4, 0.5) is 17.1 Å². The molecule has 0 atom stereocenters. The smallest absolute Gasteiger partial charge is 0.305 e. The summed E-state index contributed by atoms with van der Waals surface area (Å²) in [7, 11) is 0. The lowest BCUT2D eigenvalue weighted by Crippen LogP contribution is -2.16. The first-order valence-electron chi connectivity index (χ1n) is 17.4. The number of nitro benzene ring substituents is 2. The average molecular weight is 720 g/mol. The summed E-state index contributed by atoms with van der Waals surface area (Å²) in [5, 5.41) is 24.8. The number of nitrogens with one attached hydrogen (secondary N) is 1. The van der Waals surface area contributed by atoms with Crippen molar-refractivity contribution in [2.24, 2.45) is 0 Å². The van der Waals surface area contributed by atoms with E-state index in [1.165, 1.54) is 37.8 Å². The fourth-order valence-corrected chi connectivity index (χ4v) is 4.17. The van der Waals surface area contributed by atoms with Gasteiger partial charge in [0, 0.05) is 19.0 Å². The SMILES string of the molecule is CCCCCCCCC(=O)OCCOCCOCCOCCOCCOCCOCCOCCOCCNc1ccc([N+](=O)[O-])cc1[N+](=O)[O-]. The highest BCUT2D eigenvalue weighted by atomic mass is 16.6. The van der Waals surface area contributed by atoms with Gasteiger partial charge in [-0.25, -0.2) is 0 Å². The molecule has 0 aliphatic carbocycles. The van der Waals surface area contributed by atoms with Crippen LogP contribution in [-0.4, -0.2) is 135 Å². The molecule has 0 aliphatic heterocycles. The second-order valence-electron chi connectivity index (χ2n) is 10.8. The minimum absolute atomic E-state index is 0.159. The van der Waals surface area contributed by atoms with Crippen molar-refractivity contribution < 1.29 is 57.3 Å². The van der Waals surface area contributed by atoms with E-state index in [0.29, 0.717) is 106 Å². The van der Waals surface area contributed by atoms with Crippen LogP contribution in [0.25, 0.3) is 0 Å². The van der Waals surface area contributed by atoms with E-state index in [-0.39, 0.29) is 42.8 Å². The molecule has 0 heterocycles. The molecule has 0 saturated heterocycles. The highest BCUT2D eigenvalue weighted by molar-refractivity contribution is 5.69. The summed E-state index contributed by atoms with van der Waals surface area (Å²) in [6, 6.07) is 3.42. The Balaban J connectivity index is 1.74. The molecule has 0 unspecified atom stereocenters. The third kappa shape index (κ3) is 26.8. The molecule has 17 heteroatoms. The molecule has 0 amide bonds. The summed E-state index contributed by atoms with van der Waals surface area (Å²) < 4.78 is 48.7. The number of benzene rings is 1. The Kier molecular flexibility index (Phi) is 29.8. The van der Waals surface area contributed by atoms with Gasteiger partial charge in [0.1, 0.15) is 12.3 Å². The molecule has 0 spiro atoms. The third-order valence-corrected chi connectivity index (χ3v) is 6.78. The lowest BCUT2D eigenvalue weighted by molar-refractivity contribution is -0.393. The van der Waals surface area contributed by atoms with Crippen molar-refractivity contribution in [2.75, 3.05) is 124 Å². The normalized spacial score (nSPS) is 11.1. The summed E-state index contributed by atoms with van der Waals surface area (Å²) in [6.45, 7) is 9.38. The Hall–Kier alpha value is -3.03. The maximum atomic E-state index is 11.7. The van der Waals surface area contributed by atoms with E-state index in [1.807, 2.05) is 0 Å². The van der Waals surface area contributed by atoms with E-state index in [9.17, 15) is 25.0 Å². The Morgan fingerprint density at radius 1 is 0.580 bits per heavy atom. The van der Waals surface area contributed by atoms with Gasteiger partial charge < -0.3 is 47.9 Å². The monoisotopic (exact) mass is 719 g/mol. The highest BCUT2D eigenvalue weighted by Gasteiger charge is 2.19. The molecule has 1 rings (SSSR count). The number of hydrogen-bond acceptors (Lipinski definition) is 15. The predicted molar refractivity (Wildman–Crippen MR) is 184 cm³/mol. The van der Waals surface area contributed by atoms with Gasteiger partial charge in [-0.1, -0.05) is 39.0 Å². The van der Waals surface area contributed by atoms with Crippen molar-refractivity contribution in [1.29, 1.82) is 0 Å². The molecule has 1 N–H and O–H groups in total. The van der Waals surface area contributed by atoms with Gasteiger partial charge in [-0.3, -0.25) is 25.0 Å². The largest absolute Gasteiger partial charge is 0.463 e.